The number of benzene rings is 2. The molecule has 2 heterocycles. The minimum Gasteiger partial charge on any atom is -0.493 e. The summed E-state index contributed by atoms with van der Waals surface area (Å²) in [6.07, 6.45) is 3.88. The molecule has 0 fully saturated rings. The molecule has 1 N–H and O–H groups in total. The maximum Gasteiger partial charge on any atom is 0.286 e. The molecule has 7 nitrogen and oxygen atoms in total. The highest BCUT2D eigenvalue weighted by Gasteiger charge is 2.12. The molecule has 7 heteroatoms. The summed E-state index contributed by atoms with van der Waals surface area (Å²) in [5, 5.41) is 2.89. The van der Waals surface area contributed by atoms with Crippen LogP contribution in [0.15, 0.2) is 71.3 Å². The van der Waals surface area contributed by atoms with Crippen LogP contribution in [0.5, 0.6) is 11.5 Å². The first-order valence-electron chi connectivity index (χ1n) is 10.8. The molecule has 0 atom stereocenters. The zero-order chi connectivity index (χ0) is 22.2. The summed E-state index contributed by atoms with van der Waals surface area (Å²) in [6, 6.07) is 19.2. The number of methoxy groups -OCH3 is 1. The second kappa shape index (κ2) is 10.5. The van der Waals surface area contributed by atoms with E-state index in [4.69, 9.17) is 18.9 Å². The third kappa shape index (κ3) is 5.11. The van der Waals surface area contributed by atoms with Crippen molar-refractivity contribution in [1.29, 1.82) is 0 Å². The molecule has 0 bridgehead atoms. The van der Waals surface area contributed by atoms with Crippen molar-refractivity contribution in [2.45, 2.75) is 25.8 Å². The summed E-state index contributed by atoms with van der Waals surface area (Å²) in [5.74, 6) is 2.62. The molecule has 0 aliphatic rings. The summed E-state index contributed by atoms with van der Waals surface area (Å²) in [6.45, 7) is 1.93. The van der Waals surface area contributed by atoms with Crippen LogP contribution in [0.1, 0.15) is 29.2 Å². The summed E-state index contributed by atoms with van der Waals surface area (Å²) in [5.41, 5.74) is 2.09. The minimum atomic E-state index is -0.197. The van der Waals surface area contributed by atoms with Gasteiger partial charge in [-0.3, -0.25) is 4.79 Å². The van der Waals surface area contributed by atoms with Crippen molar-refractivity contribution in [3.05, 3.63) is 78.5 Å². The normalized spacial score (nSPS) is 10.9. The van der Waals surface area contributed by atoms with E-state index in [9.17, 15) is 4.79 Å². The molecule has 0 aliphatic heterocycles. The van der Waals surface area contributed by atoms with E-state index < -0.39 is 0 Å². The highest BCUT2D eigenvalue weighted by atomic mass is 16.5. The second-order valence-corrected chi connectivity index (χ2v) is 7.36. The quantitative estimate of drug-likeness (QED) is 0.353. The number of hydrogen-bond donors (Lipinski definition) is 1. The first-order valence-corrected chi connectivity index (χ1v) is 10.8. The molecule has 2 aromatic heterocycles. The Hall–Kier alpha value is -3.74. The zero-order valence-electron chi connectivity index (χ0n) is 18.1. The first kappa shape index (κ1) is 21.5. The fraction of sp³-hybridized carbons (Fsp3) is 0.280. The number of imidazole rings is 1. The van der Waals surface area contributed by atoms with E-state index in [-0.39, 0.29) is 5.91 Å². The van der Waals surface area contributed by atoms with E-state index in [2.05, 4.69) is 16.0 Å². The first-order chi connectivity index (χ1) is 15.8. The van der Waals surface area contributed by atoms with Crippen molar-refractivity contribution >= 4 is 16.9 Å². The van der Waals surface area contributed by atoms with Crippen molar-refractivity contribution < 1.29 is 18.7 Å². The number of amides is 1. The van der Waals surface area contributed by atoms with Crippen molar-refractivity contribution in [3.8, 4) is 11.5 Å². The molecule has 0 aliphatic carbocycles. The molecule has 0 unspecified atom stereocenters. The number of ether oxygens (including phenoxy) is 2. The topological polar surface area (TPSA) is 78.5 Å². The number of furan rings is 1. The van der Waals surface area contributed by atoms with Crippen molar-refractivity contribution in [3.63, 3.8) is 0 Å². The van der Waals surface area contributed by atoms with E-state index in [0.29, 0.717) is 18.9 Å². The average molecular weight is 434 g/mol. The molecule has 0 spiro atoms. The van der Waals surface area contributed by atoms with Crippen LogP contribution in [0.25, 0.3) is 11.0 Å². The number of nitrogens with zero attached hydrogens (tertiary/aromatic N) is 2. The van der Waals surface area contributed by atoms with Crippen LogP contribution in [-0.2, 0) is 13.0 Å². The highest BCUT2D eigenvalue weighted by Crippen LogP contribution is 2.26. The van der Waals surface area contributed by atoms with Gasteiger partial charge in [-0.2, -0.15) is 0 Å². The standard InChI is InChI=1S/C25H27N3O4/c1-30-21-11-4-5-12-22(21)31-18-8-16-28-20-10-3-2-9-19(20)27-24(28)14-6-15-26-25(29)23-13-7-17-32-23/h2-5,7,9-13,17H,6,8,14-16,18H2,1H3,(H,26,29). The predicted octanol–water partition coefficient (Wildman–Crippen LogP) is 4.47. The van der Waals surface area contributed by atoms with Crippen LogP contribution >= 0.6 is 0 Å². The molecule has 0 saturated heterocycles. The summed E-state index contributed by atoms with van der Waals surface area (Å²) in [4.78, 5) is 16.8. The Balaban J connectivity index is 1.34. The van der Waals surface area contributed by atoms with E-state index in [1.807, 2.05) is 42.5 Å². The molecule has 4 aromatic rings. The van der Waals surface area contributed by atoms with Gasteiger partial charge >= 0.3 is 0 Å². The molecule has 4 rings (SSSR count). The van der Waals surface area contributed by atoms with E-state index in [0.717, 1.165) is 54.2 Å². The smallest absolute Gasteiger partial charge is 0.286 e. The number of fused-ring (bicyclic) bond motifs is 1. The van der Waals surface area contributed by atoms with Gasteiger partial charge in [-0.25, -0.2) is 4.98 Å². The summed E-state index contributed by atoms with van der Waals surface area (Å²) < 4.78 is 18.6. The Morgan fingerprint density at radius 3 is 2.66 bits per heavy atom. The number of aryl methyl sites for hydroxylation is 2. The van der Waals surface area contributed by atoms with Gasteiger partial charge in [-0.05, 0) is 49.2 Å². The molecule has 32 heavy (non-hydrogen) atoms. The SMILES string of the molecule is COc1ccccc1OCCCn1c(CCCNC(=O)c2ccco2)nc2ccccc21. The van der Waals surface area contributed by atoms with Crippen LogP contribution in [0.4, 0.5) is 0 Å². The number of aromatic nitrogens is 2. The van der Waals surface area contributed by atoms with Gasteiger partial charge in [0.05, 0.1) is 31.0 Å². The number of carbonyl (C=O) groups is 1. The number of nitrogens with one attached hydrogen (secondary N) is 1. The highest BCUT2D eigenvalue weighted by molar-refractivity contribution is 5.91. The van der Waals surface area contributed by atoms with Crippen molar-refractivity contribution in [1.82, 2.24) is 14.9 Å². The predicted molar refractivity (Wildman–Crippen MR) is 122 cm³/mol. The Morgan fingerprint density at radius 1 is 1.03 bits per heavy atom. The van der Waals surface area contributed by atoms with Gasteiger partial charge in [-0.15, -0.1) is 0 Å². The van der Waals surface area contributed by atoms with Gasteiger partial charge in [0, 0.05) is 19.5 Å². The summed E-state index contributed by atoms with van der Waals surface area (Å²) in [7, 11) is 1.64. The molecule has 166 valence electrons. The molecular weight excluding hydrogens is 406 g/mol. The second-order valence-electron chi connectivity index (χ2n) is 7.36. The Labute approximate surface area is 187 Å². The zero-order valence-corrected chi connectivity index (χ0v) is 18.1. The largest absolute Gasteiger partial charge is 0.493 e. The summed E-state index contributed by atoms with van der Waals surface area (Å²) >= 11 is 0. The number of para-hydroxylation sites is 4. The number of hydrogen-bond acceptors (Lipinski definition) is 5. The lowest BCUT2D eigenvalue weighted by Gasteiger charge is -2.12. The van der Waals surface area contributed by atoms with Crippen molar-refractivity contribution in [2.75, 3.05) is 20.3 Å². The van der Waals surface area contributed by atoms with Gasteiger partial charge in [0.1, 0.15) is 5.82 Å². The Kier molecular flexibility index (Phi) is 7.07. The van der Waals surface area contributed by atoms with E-state index in [1.54, 1.807) is 19.2 Å². The van der Waals surface area contributed by atoms with E-state index >= 15 is 0 Å². The lowest BCUT2D eigenvalue weighted by atomic mass is 10.2. The van der Waals surface area contributed by atoms with Gasteiger partial charge in [0.15, 0.2) is 17.3 Å². The Morgan fingerprint density at radius 2 is 1.84 bits per heavy atom. The lowest BCUT2D eigenvalue weighted by Crippen LogP contribution is -2.24. The van der Waals surface area contributed by atoms with Crippen molar-refractivity contribution in [2.24, 2.45) is 0 Å². The number of carbonyl (C=O) groups excluding carboxylic acids is 1. The van der Waals surface area contributed by atoms with Gasteiger partial charge in [0.2, 0.25) is 0 Å². The maximum absolute atomic E-state index is 12.0. The third-order valence-electron chi connectivity index (χ3n) is 5.19. The number of rotatable bonds is 11. The van der Waals surface area contributed by atoms with E-state index in [1.165, 1.54) is 6.26 Å². The fourth-order valence-electron chi connectivity index (χ4n) is 3.65. The molecule has 0 radical (unpaired) electrons. The lowest BCUT2D eigenvalue weighted by molar-refractivity contribution is 0.0925. The van der Waals surface area contributed by atoms with Crippen LogP contribution in [0, 0.1) is 0 Å². The van der Waals surface area contributed by atoms with Gasteiger partial charge in [0.25, 0.3) is 5.91 Å². The maximum atomic E-state index is 12.0. The van der Waals surface area contributed by atoms with Crippen LogP contribution in [0.2, 0.25) is 0 Å². The van der Waals surface area contributed by atoms with Crippen LogP contribution in [-0.4, -0.2) is 35.7 Å². The molecule has 0 saturated carbocycles. The van der Waals surface area contributed by atoms with Crippen LogP contribution in [0.3, 0.4) is 0 Å². The van der Waals surface area contributed by atoms with Gasteiger partial charge < -0.3 is 23.8 Å². The minimum absolute atomic E-state index is 0.197. The molecule has 2 aromatic carbocycles. The molecule has 1 amide bonds. The Bertz CT molecular complexity index is 1150. The fourth-order valence-corrected chi connectivity index (χ4v) is 3.65. The van der Waals surface area contributed by atoms with Gasteiger partial charge in [-0.1, -0.05) is 24.3 Å². The van der Waals surface area contributed by atoms with Crippen LogP contribution < -0.4 is 14.8 Å². The monoisotopic (exact) mass is 433 g/mol. The average Bonchev–Trinajstić information content (AvgIpc) is 3.48. The molecular formula is C25H27N3O4. The third-order valence-corrected chi connectivity index (χ3v) is 5.19.